The second kappa shape index (κ2) is 6.24. The molecule has 0 saturated carbocycles. The van der Waals surface area contributed by atoms with Crippen LogP contribution in [0.3, 0.4) is 0 Å². The Labute approximate surface area is 145 Å². The zero-order chi connectivity index (χ0) is 17.2. The molecule has 6 nitrogen and oxygen atoms in total. The highest BCUT2D eigenvalue weighted by Crippen LogP contribution is 2.28. The van der Waals surface area contributed by atoms with Gasteiger partial charge >= 0.3 is 0 Å². The molecule has 6 heteroatoms. The van der Waals surface area contributed by atoms with Crippen LogP contribution in [-0.2, 0) is 0 Å². The van der Waals surface area contributed by atoms with Crippen molar-refractivity contribution in [2.45, 2.75) is 6.92 Å². The first kappa shape index (κ1) is 15.1. The minimum Gasteiger partial charge on any atom is -0.497 e. The number of para-hydroxylation sites is 1. The molecule has 0 unspecified atom stereocenters. The molecule has 0 aliphatic heterocycles. The molecule has 0 aliphatic carbocycles. The van der Waals surface area contributed by atoms with Gasteiger partial charge in [-0.05, 0) is 43.3 Å². The minimum absolute atomic E-state index is 0.731. The average molecular weight is 331 g/mol. The Bertz CT molecular complexity index is 1010. The first-order chi connectivity index (χ1) is 12.3. The number of rotatable bonds is 4. The first-order valence-corrected chi connectivity index (χ1v) is 7.93. The molecule has 25 heavy (non-hydrogen) atoms. The van der Waals surface area contributed by atoms with Crippen molar-refractivity contribution >= 4 is 22.5 Å². The van der Waals surface area contributed by atoms with E-state index in [0.717, 1.165) is 39.7 Å². The highest BCUT2D eigenvalue weighted by atomic mass is 16.5. The van der Waals surface area contributed by atoms with Gasteiger partial charge in [-0.3, -0.25) is 0 Å². The maximum absolute atomic E-state index is 5.19. The summed E-state index contributed by atoms with van der Waals surface area (Å²) in [5.41, 5.74) is 3.53. The number of hydrogen-bond acceptors (Lipinski definition) is 5. The number of nitrogens with zero attached hydrogens (tertiary/aromatic N) is 4. The van der Waals surface area contributed by atoms with E-state index in [-0.39, 0.29) is 0 Å². The van der Waals surface area contributed by atoms with Crippen molar-refractivity contribution in [3.05, 3.63) is 66.6 Å². The van der Waals surface area contributed by atoms with Crippen LogP contribution in [0.4, 0.5) is 11.5 Å². The predicted octanol–water partition coefficient (Wildman–Crippen LogP) is 3.88. The minimum atomic E-state index is 0.731. The van der Waals surface area contributed by atoms with Crippen LogP contribution in [0.5, 0.6) is 5.75 Å². The van der Waals surface area contributed by atoms with Gasteiger partial charge in [-0.25, -0.2) is 14.6 Å². The van der Waals surface area contributed by atoms with E-state index in [1.54, 1.807) is 13.4 Å². The quantitative estimate of drug-likeness (QED) is 0.615. The van der Waals surface area contributed by atoms with E-state index in [1.165, 1.54) is 0 Å². The monoisotopic (exact) mass is 331 g/mol. The molecule has 2 aromatic carbocycles. The Morgan fingerprint density at radius 3 is 2.44 bits per heavy atom. The fourth-order valence-corrected chi connectivity index (χ4v) is 2.77. The van der Waals surface area contributed by atoms with Gasteiger partial charge in [0.2, 0.25) is 0 Å². The summed E-state index contributed by atoms with van der Waals surface area (Å²) in [6, 6.07) is 17.7. The van der Waals surface area contributed by atoms with E-state index in [4.69, 9.17) is 4.74 Å². The molecule has 0 saturated heterocycles. The highest BCUT2D eigenvalue weighted by Gasteiger charge is 2.15. The molecule has 0 spiro atoms. The number of aromatic nitrogens is 4. The largest absolute Gasteiger partial charge is 0.497 e. The maximum atomic E-state index is 5.19. The summed E-state index contributed by atoms with van der Waals surface area (Å²) >= 11 is 0. The summed E-state index contributed by atoms with van der Waals surface area (Å²) in [6.07, 6.45) is 1.55. The SMILES string of the molecule is COc1ccc(Nc2ncnc3c2c(C)nn3-c2ccccc2)cc1. The highest BCUT2D eigenvalue weighted by molar-refractivity contribution is 5.91. The number of nitrogens with one attached hydrogen (secondary N) is 1. The molecule has 1 N–H and O–H groups in total. The molecular weight excluding hydrogens is 314 g/mol. The second-order valence-electron chi connectivity index (χ2n) is 5.61. The Balaban J connectivity index is 1.79. The molecular formula is C19H17N5O. The standard InChI is InChI=1S/C19H17N5O/c1-13-17-18(22-14-8-10-16(25-2)11-9-14)20-12-21-19(17)24(23-13)15-6-4-3-5-7-15/h3-12H,1-2H3,(H,20,21,22). The van der Waals surface area contributed by atoms with Gasteiger partial charge < -0.3 is 10.1 Å². The summed E-state index contributed by atoms with van der Waals surface area (Å²) in [5.74, 6) is 1.54. The van der Waals surface area contributed by atoms with E-state index < -0.39 is 0 Å². The summed E-state index contributed by atoms with van der Waals surface area (Å²) in [6.45, 7) is 1.96. The molecule has 0 amide bonds. The molecule has 4 rings (SSSR count). The normalized spacial score (nSPS) is 10.8. The first-order valence-electron chi connectivity index (χ1n) is 7.93. The van der Waals surface area contributed by atoms with Gasteiger partial charge in [-0.1, -0.05) is 18.2 Å². The van der Waals surface area contributed by atoms with Crippen LogP contribution >= 0.6 is 0 Å². The number of benzene rings is 2. The second-order valence-corrected chi connectivity index (χ2v) is 5.61. The maximum Gasteiger partial charge on any atom is 0.168 e. The number of anilines is 2. The lowest BCUT2D eigenvalue weighted by molar-refractivity contribution is 0.415. The molecule has 2 aromatic heterocycles. The van der Waals surface area contributed by atoms with Crippen LogP contribution < -0.4 is 10.1 Å². The smallest absolute Gasteiger partial charge is 0.168 e. The lowest BCUT2D eigenvalue weighted by atomic mass is 10.2. The third-order valence-corrected chi connectivity index (χ3v) is 3.99. The Morgan fingerprint density at radius 1 is 0.960 bits per heavy atom. The van der Waals surface area contributed by atoms with Gasteiger partial charge in [0.15, 0.2) is 5.65 Å². The average Bonchev–Trinajstić information content (AvgIpc) is 3.01. The Hall–Kier alpha value is -3.41. The van der Waals surface area contributed by atoms with Crippen LogP contribution in [-0.4, -0.2) is 26.9 Å². The van der Waals surface area contributed by atoms with Crippen molar-refractivity contribution in [2.75, 3.05) is 12.4 Å². The number of methoxy groups -OCH3 is 1. The van der Waals surface area contributed by atoms with Crippen molar-refractivity contribution in [1.82, 2.24) is 19.7 Å². The molecule has 0 radical (unpaired) electrons. The van der Waals surface area contributed by atoms with Gasteiger partial charge in [-0.15, -0.1) is 0 Å². The number of fused-ring (bicyclic) bond motifs is 1. The van der Waals surface area contributed by atoms with Crippen molar-refractivity contribution in [1.29, 1.82) is 0 Å². The fourth-order valence-electron chi connectivity index (χ4n) is 2.77. The third-order valence-electron chi connectivity index (χ3n) is 3.99. The number of ether oxygens (including phenoxy) is 1. The lowest BCUT2D eigenvalue weighted by Crippen LogP contribution is -1.99. The lowest BCUT2D eigenvalue weighted by Gasteiger charge is -2.08. The third kappa shape index (κ3) is 2.78. The van der Waals surface area contributed by atoms with E-state index in [9.17, 15) is 0 Å². The van der Waals surface area contributed by atoms with Crippen molar-refractivity contribution in [3.63, 3.8) is 0 Å². The van der Waals surface area contributed by atoms with Gasteiger partial charge in [0.1, 0.15) is 17.9 Å². The summed E-state index contributed by atoms with van der Waals surface area (Å²) in [7, 11) is 1.65. The Morgan fingerprint density at radius 2 is 1.72 bits per heavy atom. The summed E-state index contributed by atoms with van der Waals surface area (Å²) < 4.78 is 7.03. The molecule has 0 atom stereocenters. The van der Waals surface area contributed by atoms with Crippen LogP contribution in [0, 0.1) is 6.92 Å². The van der Waals surface area contributed by atoms with Gasteiger partial charge in [0.25, 0.3) is 0 Å². The topological polar surface area (TPSA) is 64.9 Å². The molecule has 0 bridgehead atoms. The van der Waals surface area contributed by atoms with Gasteiger partial charge in [0.05, 0.1) is 23.9 Å². The van der Waals surface area contributed by atoms with Crippen molar-refractivity contribution in [2.24, 2.45) is 0 Å². The van der Waals surface area contributed by atoms with E-state index in [0.29, 0.717) is 0 Å². The molecule has 0 fully saturated rings. The summed E-state index contributed by atoms with van der Waals surface area (Å²) in [4.78, 5) is 8.84. The summed E-state index contributed by atoms with van der Waals surface area (Å²) in [5, 5.41) is 8.89. The molecule has 4 aromatic rings. The van der Waals surface area contributed by atoms with Crippen LogP contribution in [0.1, 0.15) is 5.69 Å². The Kier molecular flexibility index (Phi) is 3.78. The van der Waals surface area contributed by atoms with E-state index >= 15 is 0 Å². The van der Waals surface area contributed by atoms with Crippen molar-refractivity contribution in [3.8, 4) is 11.4 Å². The van der Waals surface area contributed by atoms with Gasteiger partial charge in [-0.2, -0.15) is 5.10 Å². The fraction of sp³-hybridized carbons (Fsp3) is 0.105. The zero-order valence-electron chi connectivity index (χ0n) is 14.0. The molecule has 2 heterocycles. The predicted molar refractivity (Wildman–Crippen MR) is 97.7 cm³/mol. The van der Waals surface area contributed by atoms with Crippen LogP contribution in [0.15, 0.2) is 60.9 Å². The molecule has 0 aliphatic rings. The van der Waals surface area contributed by atoms with Crippen molar-refractivity contribution < 1.29 is 4.74 Å². The van der Waals surface area contributed by atoms with Gasteiger partial charge in [0, 0.05) is 5.69 Å². The van der Waals surface area contributed by atoms with Crippen LogP contribution in [0.2, 0.25) is 0 Å². The number of hydrogen-bond donors (Lipinski definition) is 1. The zero-order valence-corrected chi connectivity index (χ0v) is 14.0. The van der Waals surface area contributed by atoms with E-state index in [2.05, 4.69) is 20.4 Å². The van der Waals surface area contributed by atoms with Crippen LogP contribution in [0.25, 0.3) is 16.7 Å². The van der Waals surface area contributed by atoms with E-state index in [1.807, 2.05) is 66.2 Å². The molecule has 124 valence electrons. The number of aryl methyl sites for hydroxylation is 1.